The predicted octanol–water partition coefficient (Wildman–Crippen LogP) is 0.571. The SMILES string of the molecule is N#CCCN1CCC(CN)CC1. The first-order chi connectivity index (χ1) is 5.86. The van der Waals surface area contributed by atoms with Gasteiger partial charge in [-0.2, -0.15) is 5.26 Å². The van der Waals surface area contributed by atoms with Crippen LogP contribution in [0.4, 0.5) is 0 Å². The number of hydrogen-bond acceptors (Lipinski definition) is 3. The summed E-state index contributed by atoms with van der Waals surface area (Å²) in [7, 11) is 0. The largest absolute Gasteiger partial charge is 0.330 e. The molecule has 3 nitrogen and oxygen atoms in total. The molecule has 0 aliphatic carbocycles. The van der Waals surface area contributed by atoms with Crippen molar-refractivity contribution in [1.29, 1.82) is 5.26 Å². The second kappa shape index (κ2) is 5.13. The van der Waals surface area contributed by atoms with Crippen LogP contribution in [0.25, 0.3) is 0 Å². The molecule has 1 saturated heterocycles. The second-order valence-corrected chi connectivity index (χ2v) is 3.43. The van der Waals surface area contributed by atoms with Crippen LogP contribution in [0.5, 0.6) is 0 Å². The van der Waals surface area contributed by atoms with Crippen LogP contribution in [0.1, 0.15) is 19.3 Å². The van der Waals surface area contributed by atoms with Crippen molar-refractivity contribution in [2.75, 3.05) is 26.2 Å². The molecular weight excluding hydrogens is 150 g/mol. The van der Waals surface area contributed by atoms with E-state index < -0.39 is 0 Å². The third kappa shape index (κ3) is 2.80. The Bertz CT molecular complexity index is 154. The maximum absolute atomic E-state index is 8.40. The number of rotatable bonds is 3. The van der Waals surface area contributed by atoms with Crippen molar-refractivity contribution in [1.82, 2.24) is 4.90 Å². The molecule has 68 valence electrons. The van der Waals surface area contributed by atoms with E-state index in [-0.39, 0.29) is 0 Å². The molecule has 0 amide bonds. The van der Waals surface area contributed by atoms with E-state index in [9.17, 15) is 0 Å². The summed E-state index contributed by atoms with van der Waals surface area (Å²) in [5, 5.41) is 8.40. The molecule has 0 saturated carbocycles. The van der Waals surface area contributed by atoms with Crippen LogP contribution in [0.2, 0.25) is 0 Å². The molecule has 3 heteroatoms. The van der Waals surface area contributed by atoms with Gasteiger partial charge in [-0.05, 0) is 38.4 Å². The molecule has 1 aliphatic rings. The highest BCUT2D eigenvalue weighted by molar-refractivity contribution is 4.77. The Morgan fingerprint density at radius 1 is 1.42 bits per heavy atom. The fourth-order valence-corrected chi connectivity index (χ4v) is 1.65. The Balaban J connectivity index is 2.14. The Labute approximate surface area is 74.1 Å². The number of likely N-dealkylation sites (tertiary alicyclic amines) is 1. The lowest BCUT2D eigenvalue weighted by molar-refractivity contribution is 0.191. The monoisotopic (exact) mass is 167 g/mol. The zero-order chi connectivity index (χ0) is 8.81. The molecule has 12 heavy (non-hydrogen) atoms. The summed E-state index contributed by atoms with van der Waals surface area (Å²) in [6.45, 7) is 4.02. The fourth-order valence-electron chi connectivity index (χ4n) is 1.65. The van der Waals surface area contributed by atoms with E-state index >= 15 is 0 Å². The lowest BCUT2D eigenvalue weighted by Gasteiger charge is -2.30. The van der Waals surface area contributed by atoms with E-state index in [0.29, 0.717) is 6.42 Å². The molecule has 1 aliphatic heterocycles. The summed E-state index contributed by atoms with van der Waals surface area (Å²) >= 11 is 0. The van der Waals surface area contributed by atoms with Crippen LogP contribution in [0, 0.1) is 17.2 Å². The molecule has 0 atom stereocenters. The quantitative estimate of drug-likeness (QED) is 0.668. The summed E-state index contributed by atoms with van der Waals surface area (Å²) in [6.07, 6.45) is 3.08. The first-order valence-corrected chi connectivity index (χ1v) is 4.66. The summed E-state index contributed by atoms with van der Waals surface area (Å²) in [4.78, 5) is 2.36. The molecular formula is C9H17N3. The number of nitrogens with two attached hydrogens (primary N) is 1. The van der Waals surface area contributed by atoms with Crippen molar-refractivity contribution in [3.05, 3.63) is 0 Å². The zero-order valence-corrected chi connectivity index (χ0v) is 7.50. The van der Waals surface area contributed by atoms with Gasteiger partial charge in [-0.1, -0.05) is 0 Å². The molecule has 0 aromatic carbocycles. The molecule has 0 spiro atoms. The van der Waals surface area contributed by atoms with Crippen molar-refractivity contribution in [3.63, 3.8) is 0 Å². The zero-order valence-electron chi connectivity index (χ0n) is 7.50. The van der Waals surface area contributed by atoms with Gasteiger partial charge in [0.2, 0.25) is 0 Å². The molecule has 1 heterocycles. The summed E-state index contributed by atoms with van der Waals surface area (Å²) in [5.41, 5.74) is 5.58. The molecule has 1 fully saturated rings. The Kier molecular flexibility index (Phi) is 4.06. The van der Waals surface area contributed by atoms with Gasteiger partial charge in [0.05, 0.1) is 6.07 Å². The molecule has 2 N–H and O–H groups in total. The van der Waals surface area contributed by atoms with Gasteiger partial charge in [0.15, 0.2) is 0 Å². The molecule has 0 radical (unpaired) electrons. The maximum Gasteiger partial charge on any atom is 0.0635 e. The number of piperidine rings is 1. The van der Waals surface area contributed by atoms with Crippen LogP contribution < -0.4 is 5.73 Å². The van der Waals surface area contributed by atoms with Gasteiger partial charge < -0.3 is 10.6 Å². The van der Waals surface area contributed by atoms with E-state index in [4.69, 9.17) is 11.0 Å². The van der Waals surface area contributed by atoms with Crippen molar-refractivity contribution in [2.24, 2.45) is 11.7 Å². The van der Waals surface area contributed by atoms with Crippen LogP contribution in [-0.4, -0.2) is 31.1 Å². The third-order valence-electron chi connectivity index (χ3n) is 2.58. The van der Waals surface area contributed by atoms with Crippen molar-refractivity contribution < 1.29 is 0 Å². The Hall–Kier alpha value is -0.590. The number of hydrogen-bond donors (Lipinski definition) is 1. The highest BCUT2D eigenvalue weighted by atomic mass is 15.1. The maximum atomic E-state index is 8.40. The first-order valence-electron chi connectivity index (χ1n) is 4.66. The van der Waals surface area contributed by atoms with Gasteiger partial charge in [-0.25, -0.2) is 0 Å². The summed E-state index contributed by atoms with van der Waals surface area (Å²) in [6, 6.07) is 2.17. The molecule has 0 bridgehead atoms. The van der Waals surface area contributed by atoms with Gasteiger partial charge in [-0.3, -0.25) is 0 Å². The van der Waals surface area contributed by atoms with Crippen LogP contribution >= 0.6 is 0 Å². The number of nitrogens with zero attached hydrogens (tertiary/aromatic N) is 2. The van der Waals surface area contributed by atoms with Gasteiger partial charge in [0.25, 0.3) is 0 Å². The standard InChI is InChI=1S/C9H17N3/c10-4-1-5-12-6-2-9(8-11)3-7-12/h9H,1-3,5-8,11H2. The van der Waals surface area contributed by atoms with Gasteiger partial charge in [0, 0.05) is 13.0 Å². The van der Waals surface area contributed by atoms with E-state index in [1.54, 1.807) is 0 Å². The van der Waals surface area contributed by atoms with Gasteiger partial charge in [0.1, 0.15) is 0 Å². The lowest BCUT2D eigenvalue weighted by atomic mass is 9.97. The average molecular weight is 167 g/mol. The topological polar surface area (TPSA) is 53.0 Å². The molecule has 1 rings (SSSR count). The highest BCUT2D eigenvalue weighted by Crippen LogP contribution is 2.15. The van der Waals surface area contributed by atoms with Gasteiger partial charge >= 0.3 is 0 Å². The third-order valence-corrected chi connectivity index (χ3v) is 2.58. The van der Waals surface area contributed by atoms with Crippen molar-refractivity contribution >= 4 is 0 Å². The van der Waals surface area contributed by atoms with Crippen LogP contribution in [0.3, 0.4) is 0 Å². The van der Waals surface area contributed by atoms with Gasteiger partial charge in [-0.15, -0.1) is 0 Å². The van der Waals surface area contributed by atoms with E-state index in [2.05, 4.69) is 11.0 Å². The van der Waals surface area contributed by atoms with Crippen molar-refractivity contribution in [2.45, 2.75) is 19.3 Å². The van der Waals surface area contributed by atoms with E-state index in [1.165, 1.54) is 12.8 Å². The fraction of sp³-hybridized carbons (Fsp3) is 0.889. The molecule has 0 aromatic rings. The lowest BCUT2D eigenvalue weighted by Crippen LogP contribution is -2.36. The summed E-state index contributed by atoms with van der Waals surface area (Å²) in [5.74, 6) is 0.725. The normalized spacial score (nSPS) is 20.7. The van der Waals surface area contributed by atoms with E-state index in [0.717, 1.165) is 32.1 Å². The number of nitriles is 1. The average Bonchev–Trinajstić information content (AvgIpc) is 2.15. The van der Waals surface area contributed by atoms with Crippen LogP contribution in [0.15, 0.2) is 0 Å². The molecule has 0 unspecified atom stereocenters. The first kappa shape index (κ1) is 9.50. The minimum absolute atomic E-state index is 0.660. The Morgan fingerprint density at radius 2 is 2.08 bits per heavy atom. The second-order valence-electron chi connectivity index (χ2n) is 3.43. The minimum Gasteiger partial charge on any atom is -0.330 e. The Morgan fingerprint density at radius 3 is 2.58 bits per heavy atom. The smallest absolute Gasteiger partial charge is 0.0635 e. The highest BCUT2D eigenvalue weighted by Gasteiger charge is 2.16. The minimum atomic E-state index is 0.660. The molecule has 0 aromatic heterocycles. The van der Waals surface area contributed by atoms with Crippen molar-refractivity contribution in [3.8, 4) is 6.07 Å². The van der Waals surface area contributed by atoms with Crippen LogP contribution in [-0.2, 0) is 0 Å². The summed E-state index contributed by atoms with van der Waals surface area (Å²) < 4.78 is 0. The van der Waals surface area contributed by atoms with E-state index in [1.807, 2.05) is 0 Å². The predicted molar refractivity (Wildman–Crippen MR) is 48.4 cm³/mol.